The average Bonchev–Trinajstić information content (AvgIpc) is 3.35. The fraction of sp³-hybridized carbons (Fsp3) is 0.333. The van der Waals surface area contributed by atoms with E-state index in [1.807, 2.05) is 60.0 Å². The van der Waals surface area contributed by atoms with E-state index in [0.717, 1.165) is 17.0 Å². The topological polar surface area (TPSA) is 81.5 Å². The highest BCUT2D eigenvalue weighted by Crippen LogP contribution is 2.23. The van der Waals surface area contributed by atoms with Crippen molar-refractivity contribution in [1.82, 2.24) is 14.5 Å². The number of methoxy groups -OCH3 is 1. The van der Waals surface area contributed by atoms with Gasteiger partial charge in [-0.15, -0.1) is 0 Å². The highest BCUT2D eigenvalue weighted by atomic mass is 16.5. The van der Waals surface area contributed by atoms with Gasteiger partial charge in [0.25, 0.3) is 5.91 Å². The van der Waals surface area contributed by atoms with Gasteiger partial charge in [0.2, 0.25) is 0 Å². The van der Waals surface area contributed by atoms with Crippen LogP contribution < -0.4 is 5.43 Å². The lowest BCUT2D eigenvalue weighted by Crippen LogP contribution is -2.43. The fourth-order valence-electron chi connectivity index (χ4n) is 4.63. The van der Waals surface area contributed by atoms with Crippen molar-refractivity contribution in [2.45, 2.75) is 45.2 Å². The van der Waals surface area contributed by atoms with Crippen LogP contribution in [-0.4, -0.2) is 46.0 Å². The molecule has 7 heteroatoms. The minimum Gasteiger partial charge on any atom is -0.467 e. The lowest BCUT2D eigenvalue weighted by atomic mass is 10.0. The number of likely N-dealkylation sites (tertiary alicyclic amines) is 1. The van der Waals surface area contributed by atoms with Crippen LogP contribution in [0.1, 0.15) is 45.8 Å². The number of ether oxygens (including phenoxy) is 1. The van der Waals surface area contributed by atoms with Crippen molar-refractivity contribution in [3.05, 3.63) is 99.2 Å². The number of hydrogen-bond acceptors (Lipinski definition) is 5. The van der Waals surface area contributed by atoms with Crippen molar-refractivity contribution in [2.24, 2.45) is 0 Å². The van der Waals surface area contributed by atoms with Crippen LogP contribution in [-0.2, 0) is 28.9 Å². The second-order valence-electron chi connectivity index (χ2n) is 8.54. The number of rotatable bonds is 7. The summed E-state index contributed by atoms with van der Waals surface area (Å²) < 4.78 is 6.92. The van der Waals surface area contributed by atoms with Gasteiger partial charge in [0.05, 0.1) is 19.3 Å². The molecule has 0 spiro atoms. The number of aromatic nitrogens is 2. The standard InChI is InChI=1S/C27H29N3O4/c1-19-17-24(31)25(26(32)29-16-8-12-23(29)27(33)34-2)22(14-13-20-9-4-3-5-10-20)30(19)18-21-11-6-7-15-28-21/h3-7,9-11,15,17,23H,8,12-14,16,18H2,1-2H3/t23-/m0/s1. The minimum atomic E-state index is -0.663. The summed E-state index contributed by atoms with van der Waals surface area (Å²) in [5, 5.41) is 0. The average molecular weight is 460 g/mol. The Hall–Kier alpha value is -3.74. The summed E-state index contributed by atoms with van der Waals surface area (Å²) in [6, 6.07) is 16.5. The van der Waals surface area contributed by atoms with Crippen LogP contribution in [0.15, 0.2) is 65.6 Å². The Morgan fingerprint density at radius 1 is 1.09 bits per heavy atom. The Morgan fingerprint density at radius 3 is 2.56 bits per heavy atom. The van der Waals surface area contributed by atoms with Gasteiger partial charge in [-0.05, 0) is 50.3 Å². The first-order chi connectivity index (χ1) is 16.5. The number of nitrogens with zero attached hydrogens (tertiary/aromatic N) is 3. The summed E-state index contributed by atoms with van der Waals surface area (Å²) >= 11 is 0. The smallest absolute Gasteiger partial charge is 0.328 e. The molecule has 1 aliphatic heterocycles. The maximum absolute atomic E-state index is 13.7. The Balaban J connectivity index is 1.79. The van der Waals surface area contributed by atoms with E-state index < -0.39 is 17.9 Å². The first-order valence-electron chi connectivity index (χ1n) is 11.6. The first-order valence-corrected chi connectivity index (χ1v) is 11.6. The quantitative estimate of drug-likeness (QED) is 0.507. The molecule has 1 aliphatic rings. The normalized spacial score (nSPS) is 15.4. The summed E-state index contributed by atoms with van der Waals surface area (Å²) in [7, 11) is 1.32. The summed E-state index contributed by atoms with van der Waals surface area (Å²) in [6.07, 6.45) is 4.14. The van der Waals surface area contributed by atoms with Gasteiger partial charge in [0.1, 0.15) is 11.6 Å². The second-order valence-corrected chi connectivity index (χ2v) is 8.54. The highest BCUT2D eigenvalue weighted by molar-refractivity contribution is 5.98. The van der Waals surface area contributed by atoms with E-state index in [0.29, 0.717) is 44.5 Å². The molecule has 0 radical (unpaired) electrons. The largest absolute Gasteiger partial charge is 0.467 e. The number of hydrogen-bond donors (Lipinski definition) is 0. The molecule has 3 aromatic rings. The molecule has 1 fully saturated rings. The molecule has 1 atom stereocenters. The minimum absolute atomic E-state index is 0.133. The molecule has 0 saturated carbocycles. The van der Waals surface area contributed by atoms with E-state index in [1.165, 1.54) is 18.1 Å². The zero-order valence-electron chi connectivity index (χ0n) is 19.6. The van der Waals surface area contributed by atoms with E-state index in [1.54, 1.807) is 6.20 Å². The lowest BCUT2D eigenvalue weighted by Gasteiger charge is -2.26. The van der Waals surface area contributed by atoms with Crippen LogP contribution in [0.5, 0.6) is 0 Å². The molecule has 0 N–H and O–H groups in total. The van der Waals surface area contributed by atoms with E-state index in [4.69, 9.17) is 4.74 Å². The van der Waals surface area contributed by atoms with Gasteiger partial charge in [0, 0.05) is 30.2 Å². The summed E-state index contributed by atoms with van der Waals surface area (Å²) in [4.78, 5) is 45.2. The maximum Gasteiger partial charge on any atom is 0.328 e. The van der Waals surface area contributed by atoms with E-state index >= 15 is 0 Å². The monoisotopic (exact) mass is 459 g/mol. The second kappa shape index (κ2) is 10.5. The number of amides is 1. The van der Waals surface area contributed by atoms with Crippen LogP contribution in [0, 0.1) is 6.92 Å². The van der Waals surface area contributed by atoms with Gasteiger partial charge in [0.15, 0.2) is 5.43 Å². The van der Waals surface area contributed by atoms with Crippen molar-refractivity contribution in [3.63, 3.8) is 0 Å². The van der Waals surface area contributed by atoms with Gasteiger partial charge < -0.3 is 14.2 Å². The van der Waals surface area contributed by atoms with Crippen molar-refractivity contribution < 1.29 is 14.3 Å². The molecule has 2 aromatic heterocycles. The molecule has 7 nitrogen and oxygen atoms in total. The van der Waals surface area contributed by atoms with Crippen molar-refractivity contribution >= 4 is 11.9 Å². The third kappa shape index (κ3) is 4.93. The van der Waals surface area contributed by atoms with E-state index in [-0.39, 0.29) is 11.0 Å². The maximum atomic E-state index is 13.7. The van der Waals surface area contributed by atoms with Gasteiger partial charge in [-0.2, -0.15) is 0 Å². The van der Waals surface area contributed by atoms with Crippen LogP contribution in [0.25, 0.3) is 0 Å². The SMILES string of the molecule is COC(=O)[C@@H]1CCCN1C(=O)c1c(CCc2ccccc2)n(Cc2ccccn2)c(C)cc1=O. The molecular formula is C27H29N3O4. The Kier molecular flexibility index (Phi) is 7.21. The van der Waals surface area contributed by atoms with E-state index in [9.17, 15) is 14.4 Å². The van der Waals surface area contributed by atoms with Gasteiger partial charge in [-0.25, -0.2) is 4.79 Å². The van der Waals surface area contributed by atoms with Gasteiger partial charge in [-0.1, -0.05) is 36.4 Å². The Bertz CT molecular complexity index is 1220. The molecule has 0 unspecified atom stereocenters. The number of aryl methyl sites for hydroxylation is 2. The predicted molar refractivity (Wildman–Crippen MR) is 129 cm³/mol. The molecule has 1 saturated heterocycles. The molecule has 34 heavy (non-hydrogen) atoms. The molecule has 0 bridgehead atoms. The number of benzene rings is 1. The third-order valence-corrected chi connectivity index (χ3v) is 6.37. The molecule has 176 valence electrons. The van der Waals surface area contributed by atoms with Crippen LogP contribution in [0.2, 0.25) is 0 Å². The highest BCUT2D eigenvalue weighted by Gasteiger charge is 2.37. The van der Waals surface area contributed by atoms with E-state index in [2.05, 4.69) is 4.98 Å². The van der Waals surface area contributed by atoms with Crippen molar-refractivity contribution in [1.29, 1.82) is 0 Å². The molecule has 1 aromatic carbocycles. The number of pyridine rings is 2. The molecule has 0 aliphatic carbocycles. The number of carbonyl (C=O) groups excluding carboxylic acids is 2. The number of esters is 1. The summed E-state index contributed by atoms with van der Waals surface area (Å²) in [6.45, 7) is 2.74. The molecule has 3 heterocycles. The van der Waals surface area contributed by atoms with Crippen LogP contribution in [0.3, 0.4) is 0 Å². The zero-order valence-corrected chi connectivity index (χ0v) is 19.6. The number of carbonyl (C=O) groups is 2. The van der Waals surface area contributed by atoms with Gasteiger partial charge >= 0.3 is 5.97 Å². The van der Waals surface area contributed by atoms with Gasteiger partial charge in [-0.3, -0.25) is 14.6 Å². The predicted octanol–water partition coefficient (Wildman–Crippen LogP) is 3.16. The molecular weight excluding hydrogens is 430 g/mol. The fourth-order valence-corrected chi connectivity index (χ4v) is 4.63. The zero-order chi connectivity index (χ0) is 24.1. The lowest BCUT2D eigenvalue weighted by molar-refractivity contribution is -0.145. The van der Waals surface area contributed by atoms with Crippen molar-refractivity contribution in [2.75, 3.05) is 13.7 Å². The van der Waals surface area contributed by atoms with Crippen molar-refractivity contribution in [3.8, 4) is 0 Å². The molecule has 4 rings (SSSR count). The Labute approximate surface area is 199 Å². The third-order valence-electron chi connectivity index (χ3n) is 6.37. The van der Waals surface area contributed by atoms with Crippen LogP contribution in [0.4, 0.5) is 0 Å². The first kappa shape index (κ1) is 23.4. The van der Waals surface area contributed by atoms with Crippen LogP contribution >= 0.6 is 0 Å². The Morgan fingerprint density at radius 2 is 1.85 bits per heavy atom. The molecule has 1 amide bonds. The summed E-state index contributed by atoms with van der Waals surface area (Å²) in [5.74, 6) is -0.853. The summed E-state index contributed by atoms with van der Waals surface area (Å²) in [5.41, 5.74) is 3.20.